The van der Waals surface area contributed by atoms with Crippen molar-refractivity contribution < 1.29 is 0 Å². The van der Waals surface area contributed by atoms with E-state index in [1.54, 1.807) is 0 Å². The van der Waals surface area contributed by atoms with Gasteiger partial charge in [0, 0.05) is 11.4 Å². The molecule has 3 nitrogen and oxygen atoms in total. The van der Waals surface area contributed by atoms with Gasteiger partial charge >= 0.3 is 0 Å². The summed E-state index contributed by atoms with van der Waals surface area (Å²) in [6.45, 7) is 8.65. The van der Waals surface area contributed by atoms with E-state index in [-0.39, 0.29) is 5.38 Å². The van der Waals surface area contributed by atoms with E-state index in [0.29, 0.717) is 12.0 Å². The summed E-state index contributed by atoms with van der Waals surface area (Å²) in [5.74, 6) is 1.43. The third-order valence-corrected chi connectivity index (χ3v) is 4.37. The Labute approximate surface area is 130 Å². The molecule has 0 radical (unpaired) electrons. The molecule has 2 aromatic heterocycles. The standard InChI is InChI=1S/C17H20ClN3/c1-10(2)12(4)21-16-13-7-5-6-8-14(13)19-9-15(16)20-17(21)11(3)18/h5-12H,1-4H3. The zero-order chi connectivity index (χ0) is 15.1. The first-order valence-corrected chi connectivity index (χ1v) is 7.84. The fourth-order valence-electron chi connectivity index (χ4n) is 2.73. The number of benzene rings is 1. The molecular formula is C17H20ClN3. The topological polar surface area (TPSA) is 30.7 Å². The van der Waals surface area contributed by atoms with Crippen molar-refractivity contribution in [3.05, 3.63) is 36.3 Å². The normalized spacial score (nSPS) is 15.0. The Hall–Kier alpha value is -1.61. The number of alkyl halides is 1. The van der Waals surface area contributed by atoms with E-state index in [4.69, 9.17) is 16.6 Å². The molecule has 0 saturated carbocycles. The highest BCUT2D eigenvalue weighted by Crippen LogP contribution is 2.33. The second-order valence-corrected chi connectivity index (χ2v) is 6.60. The first-order valence-electron chi connectivity index (χ1n) is 7.40. The SMILES string of the molecule is CC(Cl)c1nc2cnc3ccccc3c2n1C(C)C(C)C. The molecule has 0 bridgehead atoms. The van der Waals surface area contributed by atoms with Gasteiger partial charge in [-0.2, -0.15) is 0 Å². The number of aromatic nitrogens is 3. The molecule has 0 spiro atoms. The van der Waals surface area contributed by atoms with Gasteiger partial charge < -0.3 is 4.57 Å². The van der Waals surface area contributed by atoms with Gasteiger partial charge in [0.05, 0.1) is 22.6 Å². The molecular weight excluding hydrogens is 282 g/mol. The Balaban J connectivity index is 2.44. The number of hydrogen-bond acceptors (Lipinski definition) is 2. The Morgan fingerprint density at radius 3 is 2.43 bits per heavy atom. The van der Waals surface area contributed by atoms with Crippen molar-refractivity contribution in [2.24, 2.45) is 5.92 Å². The highest BCUT2D eigenvalue weighted by molar-refractivity contribution is 6.20. The van der Waals surface area contributed by atoms with Crippen molar-refractivity contribution in [1.29, 1.82) is 0 Å². The number of para-hydroxylation sites is 1. The molecule has 0 saturated heterocycles. The zero-order valence-electron chi connectivity index (χ0n) is 12.8. The number of nitrogens with zero attached hydrogens (tertiary/aromatic N) is 3. The summed E-state index contributed by atoms with van der Waals surface area (Å²) in [5.41, 5.74) is 3.06. The van der Waals surface area contributed by atoms with Crippen LogP contribution in [0.1, 0.15) is 44.9 Å². The third kappa shape index (κ3) is 2.30. The van der Waals surface area contributed by atoms with E-state index in [1.807, 2.05) is 31.3 Å². The molecule has 3 aromatic rings. The van der Waals surface area contributed by atoms with E-state index in [0.717, 1.165) is 27.8 Å². The van der Waals surface area contributed by atoms with Crippen LogP contribution in [-0.2, 0) is 0 Å². The van der Waals surface area contributed by atoms with Crippen LogP contribution in [0.2, 0.25) is 0 Å². The summed E-state index contributed by atoms with van der Waals surface area (Å²) in [5, 5.41) is 1.01. The smallest absolute Gasteiger partial charge is 0.128 e. The minimum absolute atomic E-state index is 0.127. The summed E-state index contributed by atoms with van der Waals surface area (Å²) >= 11 is 6.38. The predicted molar refractivity (Wildman–Crippen MR) is 88.9 cm³/mol. The molecule has 0 aliphatic heterocycles. The van der Waals surface area contributed by atoms with Crippen LogP contribution >= 0.6 is 11.6 Å². The Bertz CT molecular complexity index is 789. The van der Waals surface area contributed by atoms with Crippen LogP contribution in [0.4, 0.5) is 0 Å². The summed E-state index contributed by atoms with van der Waals surface area (Å²) in [4.78, 5) is 9.24. The number of pyridine rings is 1. The van der Waals surface area contributed by atoms with Gasteiger partial charge in [-0.3, -0.25) is 4.98 Å². The second-order valence-electron chi connectivity index (χ2n) is 5.95. The molecule has 0 aliphatic rings. The summed E-state index contributed by atoms with van der Waals surface area (Å²) in [6.07, 6.45) is 1.85. The molecule has 0 fully saturated rings. The number of imidazole rings is 1. The van der Waals surface area contributed by atoms with Crippen LogP contribution in [0.25, 0.3) is 21.9 Å². The van der Waals surface area contributed by atoms with Gasteiger partial charge in [-0.1, -0.05) is 32.0 Å². The highest BCUT2D eigenvalue weighted by Gasteiger charge is 2.22. The average molecular weight is 302 g/mol. The number of fused-ring (bicyclic) bond motifs is 3. The van der Waals surface area contributed by atoms with E-state index < -0.39 is 0 Å². The largest absolute Gasteiger partial charge is 0.323 e. The summed E-state index contributed by atoms with van der Waals surface area (Å²) in [6, 6.07) is 8.54. The van der Waals surface area contributed by atoms with Crippen molar-refractivity contribution in [2.75, 3.05) is 0 Å². The molecule has 110 valence electrons. The van der Waals surface area contributed by atoms with Crippen LogP contribution in [0.3, 0.4) is 0 Å². The molecule has 2 unspecified atom stereocenters. The minimum Gasteiger partial charge on any atom is -0.323 e. The van der Waals surface area contributed by atoms with E-state index >= 15 is 0 Å². The molecule has 1 aromatic carbocycles. The first kappa shape index (κ1) is 14.3. The molecule has 0 aliphatic carbocycles. The van der Waals surface area contributed by atoms with Crippen LogP contribution in [0.15, 0.2) is 30.5 Å². The molecule has 4 heteroatoms. The number of halogens is 1. The average Bonchev–Trinajstić information content (AvgIpc) is 2.86. The van der Waals surface area contributed by atoms with Gasteiger partial charge in [0.25, 0.3) is 0 Å². The second kappa shape index (κ2) is 5.30. The van der Waals surface area contributed by atoms with Crippen molar-refractivity contribution in [2.45, 2.75) is 39.1 Å². The van der Waals surface area contributed by atoms with Crippen LogP contribution < -0.4 is 0 Å². The van der Waals surface area contributed by atoms with Gasteiger partial charge in [-0.15, -0.1) is 11.6 Å². The lowest BCUT2D eigenvalue weighted by Crippen LogP contribution is -2.15. The lowest BCUT2D eigenvalue weighted by molar-refractivity contribution is 0.406. The van der Waals surface area contributed by atoms with Crippen molar-refractivity contribution in [3.63, 3.8) is 0 Å². The Kier molecular flexibility index (Phi) is 3.62. The van der Waals surface area contributed by atoms with Gasteiger partial charge in [-0.25, -0.2) is 4.98 Å². The van der Waals surface area contributed by atoms with E-state index in [1.165, 1.54) is 0 Å². The Morgan fingerprint density at radius 2 is 1.76 bits per heavy atom. The van der Waals surface area contributed by atoms with Crippen LogP contribution in [-0.4, -0.2) is 14.5 Å². The molecule has 0 amide bonds. The highest BCUT2D eigenvalue weighted by atomic mass is 35.5. The lowest BCUT2D eigenvalue weighted by Gasteiger charge is -2.22. The molecule has 2 heterocycles. The zero-order valence-corrected chi connectivity index (χ0v) is 13.6. The molecule has 21 heavy (non-hydrogen) atoms. The van der Waals surface area contributed by atoms with Crippen molar-refractivity contribution >= 4 is 33.5 Å². The number of rotatable bonds is 3. The van der Waals surface area contributed by atoms with E-state index in [2.05, 4.69) is 36.4 Å². The summed E-state index contributed by atoms with van der Waals surface area (Å²) in [7, 11) is 0. The molecule has 0 N–H and O–H groups in total. The van der Waals surface area contributed by atoms with E-state index in [9.17, 15) is 0 Å². The van der Waals surface area contributed by atoms with Crippen molar-refractivity contribution in [3.8, 4) is 0 Å². The minimum atomic E-state index is -0.127. The first-order chi connectivity index (χ1) is 10.0. The Morgan fingerprint density at radius 1 is 1.05 bits per heavy atom. The van der Waals surface area contributed by atoms with Gasteiger partial charge in [0.2, 0.25) is 0 Å². The molecule has 3 rings (SSSR count). The van der Waals surface area contributed by atoms with Gasteiger partial charge in [0.1, 0.15) is 11.3 Å². The van der Waals surface area contributed by atoms with Gasteiger partial charge in [-0.05, 0) is 25.8 Å². The lowest BCUT2D eigenvalue weighted by atomic mass is 10.1. The number of hydrogen-bond donors (Lipinski definition) is 0. The predicted octanol–water partition coefficient (Wildman–Crippen LogP) is 5.10. The van der Waals surface area contributed by atoms with Crippen LogP contribution in [0, 0.1) is 5.92 Å². The maximum absolute atomic E-state index is 6.38. The molecule has 2 atom stereocenters. The maximum Gasteiger partial charge on any atom is 0.128 e. The monoisotopic (exact) mass is 301 g/mol. The quantitative estimate of drug-likeness (QED) is 0.630. The third-order valence-electron chi connectivity index (χ3n) is 4.18. The maximum atomic E-state index is 6.38. The van der Waals surface area contributed by atoms with Gasteiger partial charge in [0.15, 0.2) is 0 Å². The summed E-state index contributed by atoms with van der Waals surface area (Å²) < 4.78 is 2.29. The van der Waals surface area contributed by atoms with Crippen LogP contribution in [0.5, 0.6) is 0 Å². The fourth-order valence-corrected chi connectivity index (χ4v) is 2.89. The van der Waals surface area contributed by atoms with Crippen molar-refractivity contribution in [1.82, 2.24) is 14.5 Å². The fraction of sp³-hybridized carbons (Fsp3) is 0.412.